The first-order valence-electron chi connectivity index (χ1n) is 10.4. The van der Waals surface area contributed by atoms with E-state index in [-0.39, 0.29) is 0 Å². The molecule has 1 amide bonds. The molecule has 0 unspecified atom stereocenters. The van der Waals surface area contributed by atoms with Crippen molar-refractivity contribution >= 4 is 28.0 Å². The van der Waals surface area contributed by atoms with E-state index in [1.165, 1.54) is 7.11 Å². The minimum Gasteiger partial charge on any atom is -0.453 e. The molecule has 0 atom stereocenters. The molecule has 3 aromatic rings. The molecule has 2 N–H and O–H groups in total. The van der Waals surface area contributed by atoms with Gasteiger partial charge in [0.25, 0.3) is 0 Å². The number of carbonyl (C=O) groups is 1. The minimum atomic E-state index is -0.470. The third kappa shape index (κ3) is 4.07. The smallest absolute Gasteiger partial charge is 0.407 e. The predicted molar refractivity (Wildman–Crippen MR) is 114 cm³/mol. The summed E-state index contributed by atoms with van der Waals surface area (Å²) in [7, 11) is 1.36. The van der Waals surface area contributed by atoms with Crippen molar-refractivity contribution in [3.8, 4) is 6.07 Å². The maximum absolute atomic E-state index is 11.7. The van der Waals surface area contributed by atoms with Crippen LogP contribution in [-0.4, -0.2) is 40.3 Å². The second-order valence-corrected chi connectivity index (χ2v) is 7.62. The molecule has 1 saturated carbocycles. The van der Waals surface area contributed by atoms with Crippen molar-refractivity contribution in [3.05, 3.63) is 36.3 Å². The molecule has 0 spiro atoms. The molecule has 0 saturated heterocycles. The summed E-state index contributed by atoms with van der Waals surface area (Å²) < 4.78 is 7.02. The van der Waals surface area contributed by atoms with Gasteiger partial charge in [0.2, 0.25) is 0 Å². The number of carbonyl (C=O) groups excluding carboxylic acids is 1. The van der Waals surface area contributed by atoms with Crippen LogP contribution in [-0.2, 0) is 11.3 Å². The first-order valence-corrected chi connectivity index (χ1v) is 10.4. The maximum atomic E-state index is 11.7. The van der Waals surface area contributed by atoms with E-state index in [2.05, 4.69) is 32.3 Å². The third-order valence-corrected chi connectivity index (χ3v) is 5.80. The number of para-hydroxylation sites is 1. The number of benzene rings is 1. The minimum absolute atomic E-state index is 0.296. The molecular weight excluding hydrogens is 380 g/mol. The average Bonchev–Trinajstić information content (AvgIpc) is 3.17. The van der Waals surface area contributed by atoms with Crippen molar-refractivity contribution in [3.63, 3.8) is 0 Å². The molecule has 8 nitrogen and oxygen atoms in total. The zero-order valence-corrected chi connectivity index (χ0v) is 17.1. The number of nitrogens with zero attached hydrogens (tertiary/aromatic N) is 4. The van der Waals surface area contributed by atoms with E-state index in [0.29, 0.717) is 25.0 Å². The highest BCUT2D eigenvalue weighted by Crippen LogP contribution is 2.35. The molecule has 2 aromatic heterocycles. The van der Waals surface area contributed by atoms with Gasteiger partial charge in [0.05, 0.1) is 37.0 Å². The van der Waals surface area contributed by atoms with Gasteiger partial charge >= 0.3 is 6.09 Å². The first-order chi connectivity index (χ1) is 14.7. The lowest BCUT2D eigenvalue weighted by molar-refractivity contribution is 0.170. The summed E-state index contributed by atoms with van der Waals surface area (Å²) in [5.74, 6) is 0.814. The summed E-state index contributed by atoms with van der Waals surface area (Å²) >= 11 is 0. The van der Waals surface area contributed by atoms with Gasteiger partial charge in [-0.05, 0) is 31.7 Å². The number of nitrogens with one attached hydrogen (secondary N) is 2. The largest absolute Gasteiger partial charge is 0.453 e. The van der Waals surface area contributed by atoms with Crippen LogP contribution in [0.5, 0.6) is 0 Å². The van der Waals surface area contributed by atoms with Gasteiger partial charge in [-0.1, -0.05) is 18.2 Å². The van der Waals surface area contributed by atoms with Gasteiger partial charge in [-0.25, -0.2) is 9.78 Å². The van der Waals surface area contributed by atoms with Crippen LogP contribution in [0.25, 0.3) is 21.9 Å². The fourth-order valence-corrected chi connectivity index (χ4v) is 4.38. The molecule has 4 rings (SSSR count). The zero-order chi connectivity index (χ0) is 20.9. The van der Waals surface area contributed by atoms with Gasteiger partial charge < -0.3 is 19.9 Å². The van der Waals surface area contributed by atoms with Gasteiger partial charge in [0.1, 0.15) is 11.3 Å². The van der Waals surface area contributed by atoms with Crippen molar-refractivity contribution in [1.82, 2.24) is 25.2 Å². The summed E-state index contributed by atoms with van der Waals surface area (Å²) in [6.45, 7) is 1.04. The quantitative estimate of drug-likeness (QED) is 0.608. The Morgan fingerprint density at radius 3 is 2.83 bits per heavy atom. The highest BCUT2D eigenvalue weighted by atomic mass is 16.5. The van der Waals surface area contributed by atoms with E-state index in [1.54, 1.807) is 0 Å². The van der Waals surface area contributed by atoms with Crippen LogP contribution in [0.2, 0.25) is 0 Å². The number of hydrogen-bond donors (Lipinski definition) is 2. The average molecular weight is 406 g/mol. The van der Waals surface area contributed by atoms with Gasteiger partial charge in [-0.2, -0.15) is 5.26 Å². The molecule has 1 fully saturated rings. The van der Waals surface area contributed by atoms with Crippen molar-refractivity contribution in [2.45, 2.75) is 50.7 Å². The molecule has 0 aliphatic heterocycles. The second kappa shape index (κ2) is 9.09. The Morgan fingerprint density at radius 2 is 2.07 bits per heavy atom. The number of rotatable bonds is 6. The fraction of sp³-hybridized carbons (Fsp3) is 0.455. The number of ether oxygens (including phenoxy) is 1. The Kier molecular flexibility index (Phi) is 6.10. The van der Waals surface area contributed by atoms with Crippen LogP contribution in [0, 0.1) is 11.3 Å². The van der Waals surface area contributed by atoms with Gasteiger partial charge in [0.15, 0.2) is 0 Å². The van der Waals surface area contributed by atoms with E-state index in [0.717, 1.165) is 60.0 Å². The standard InChI is InChI=1S/C22H26N6O2/c1-30-22(29)26-14-20-27-19-13-25-18-6-3-2-5-17(18)21(19)28(20)16-9-7-15(8-10-16)24-12-4-11-23/h2-3,5-6,13,15-16,24H,4,7-10,12,14H2,1H3,(H,26,29). The topological polar surface area (TPSA) is 105 Å². The number of imidazole rings is 1. The molecule has 1 aliphatic carbocycles. The van der Waals surface area contributed by atoms with E-state index in [4.69, 9.17) is 15.0 Å². The lowest BCUT2D eigenvalue weighted by atomic mass is 9.90. The van der Waals surface area contributed by atoms with E-state index in [1.807, 2.05) is 24.4 Å². The SMILES string of the molecule is COC(=O)NCc1nc2cnc3ccccc3c2n1C1CCC(NCCC#N)CC1. The number of alkyl carbamates (subject to hydrolysis) is 1. The Balaban J connectivity index is 1.67. The van der Waals surface area contributed by atoms with Crippen molar-refractivity contribution in [2.75, 3.05) is 13.7 Å². The van der Waals surface area contributed by atoms with Crippen molar-refractivity contribution in [2.24, 2.45) is 0 Å². The number of hydrogen-bond acceptors (Lipinski definition) is 6. The monoisotopic (exact) mass is 406 g/mol. The summed E-state index contributed by atoms with van der Waals surface area (Å²) in [4.78, 5) is 21.0. The van der Waals surface area contributed by atoms with Crippen LogP contribution >= 0.6 is 0 Å². The number of pyridine rings is 1. The number of fused-ring (bicyclic) bond motifs is 3. The molecule has 2 heterocycles. The van der Waals surface area contributed by atoms with Gasteiger partial charge in [-0.3, -0.25) is 4.98 Å². The molecule has 0 radical (unpaired) electrons. The normalized spacial score (nSPS) is 18.9. The summed E-state index contributed by atoms with van der Waals surface area (Å²) in [5, 5.41) is 16.1. The molecule has 1 aliphatic rings. The number of aromatic nitrogens is 3. The van der Waals surface area contributed by atoms with E-state index < -0.39 is 6.09 Å². The molecule has 8 heteroatoms. The lowest BCUT2D eigenvalue weighted by Gasteiger charge is -2.31. The molecule has 1 aromatic carbocycles. The first kappa shape index (κ1) is 20.1. The Morgan fingerprint density at radius 1 is 1.27 bits per heavy atom. The molecule has 30 heavy (non-hydrogen) atoms. The Hall–Kier alpha value is -3.18. The summed E-state index contributed by atoms with van der Waals surface area (Å²) in [5.41, 5.74) is 2.85. The maximum Gasteiger partial charge on any atom is 0.407 e. The van der Waals surface area contributed by atoms with Crippen LogP contribution < -0.4 is 10.6 Å². The van der Waals surface area contributed by atoms with E-state index >= 15 is 0 Å². The number of methoxy groups -OCH3 is 1. The van der Waals surface area contributed by atoms with Gasteiger partial charge in [0, 0.05) is 30.4 Å². The van der Waals surface area contributed by atoms with E-state index in [9.17, 15) is 4.79 Å². The summed E-state index contributed by atoms with van der Waals surface area (Å²) in [6.07, 6.45) is 5.99. The highest BCUT2D eigenvalue weighted by molar-refractivity contribution is 6.02. The Bertz CT molecular complexity index is 1080. The Labute approximate surface area is 175 Å². The molecule has 0 bridgehead atoms. The fourth-order valence-electron chi connectivity index (χ4n) is 4.38. The van der Waals surface area contributed by atoms with Crippen molar-refractivity contribution < 1.29 is 9.53 Å². The highest BCUT2D eigenvalue weighted by Gasteiger charge is 2.26. The van der Waals surface area contributed by atoms with Crippen LogP contribution in [0.3, 0.4) is 0 Å². The number of amides is 1. The third-order valence-electron chi connectivity index (χ3n) is 5.80. The van der Waals surface area contributed by atoms with Gasteiger partial charge in [-0.15, -0.1) is 0 Å². The number of nitriles is 1. The molecule has 156 valence electrons. The second-order valence-electron chi connectivity index (χ2n) is 7.62. The predicted octanol–water partition coefficient (Wildman–Crippen LogP) is 3.43. The van der Waals surface area contributed by atoms with Crippen molar-refractivity contribution in [1.29, 1.82) is 5.26 Å². The zero-order valence-electron chi connectivity index (χ0n) is 17.1. The van der Waals surface area contributed by atoms with Crippen LogP contribution in [0.1, 0.15) is 44.0 Å². The molecular formula is C22H26N6O2. The van der Waals surface area contributed by atoms with Crippen LogP contribution in [0.4, 0.5) is 4.79 Å². The summed E-state index contributed by atoms with van der Waals surface area (Å²) in [6, 6.07) is 11.0. The lowest BCUT2D eigenvalue weighted by Crippen LogP contribution is -2.35. The van der Waals surface area contributed by atoms with Crippen LogP contribution in [0.15, 0.2) is 30.5 Å².